The molecule has 1 atom stereocenters. The minimum absolute atomic E-state index is 0.248. The topological polar surface area (TPSA) is 100 Å². The lowest BCUT2D eigenvalue weighted by atomic mass is 9.89. The van der Waals surface area contributed by atoms with Crippen LogP contribution in [0.15, 0.2) is 36.5 Å². The molecule has 1 aromatic heterocycles. The second-order valence-electron chi connectivity index (χ2n) is 9.01. The summed E-state index contributed by atoms with van der Waals surface area (Å²) in [5, 5.41) is 6.77. The van der Waals surface area contributed by atoms with Gasteiger partial charge in [0.05, 0.1) is 11.3 Å². The van der Waals surface area contributed by atoms with Crippen LogP contribution in [0.1, 0.15) is 67.8 Å². The zero-order chi connectivity index (χ0) is 22.7. The fourth-order valence-corrected chi connectivity index (χ4v) is 4.47. The van der Waals surface area contributed by atoms with Crippen molar-refractivity contribution in [3.05, 3.63) is 47.7 Å². The number of hydrogen-bond donors (Lipinski definition) is 3. The van der Waals surface area contributed by atoms with E-state index in [2.05, 4.69) is 46.8 Å². The molecular weight excluding hydrogens is 402 g/mol. The molecule has 4 rings (SSSR count). The van der Waals surface area contributed by atoms with Crippen molar-refractivity contribution >= 4 is 29.0 Å². The summed E-state index contributed by atoms with van der Waals surface area (Å²) in [7, 11) is 0. The highest BCUT2D eigenvalue weighted by Gasteiger charge is 2.28. The van der Waals surface area contributed by atoms with Crippen LogP contribution in [0.4, 0.5) is 17.2 Å². The smallest absolute Gasteiger partial charge is 0.252 e. The van der Waals surface area contributed by atoms with E-state index in [9.17, 15) is 9.59 Å². The van der Waals surface area contributed by atoms with Crippen LogP contribution in [0.2, 0.25) is 0 Å². The summed E-state index contributed by atoms with van der Waals surface area (Å²) in [5.41, 5.74) is 8.91. The van der Waals surface area contributed by atoms with Gasteiger partial charge in [0.2, 0.25) is 5.91 Å². The summed E-state index contributed by atoms with van der Waals surface area (Å²) < 4.78 is 0. The van der Waals surface area contributed by atoms with Gasteiger partial charge >= 0.3 is 0 Å². The number of benzene rings is 1. The van der Waals surface area contributed by atoms with Crippen molar-refractivity contribution in [1.29, 1.82) is 0 Å². The second-order valence-corrected chi connectivity index (χ2v) is 9.01. The molecule has 0 bridgehead atoms. The van der Waals surface area contributed by atoms with E-state index < -0.39 is 5.91 Å². The molecule has 1 saturated heterocycles. The van der Waals surface area contributed by atoms with Gasteiger partial charge in [-0.25, -0.2) is 4.98 Å². The van der Waals surface area contributed by atoms with Gasteiger partial charge in [-0.1, -0.05) is 19.1 Å². The third-order valence-corrected chi connectivity index (χ3v) is 6.69. The first-order chi connectivity index (χ1) is 15.4. The highest BCUT2D eigenvalue weighted by Crippen LogP contribution is 2.35. The molecule has 1 saturated carbocycles. The van der Waals surface area contributed by atoms with E-state index >= 15 is 0 Å². The molecule has 2 aliphatic rings. The van der Waals surface area contributed by atoms with Crippen LogP contribution < -0.4 is 16.4 Å². The van der Waals surface area contributed by atoms with Gasteiger partial charge in [0.15, 0.2) is 0 Å². The maximum atomic E-state index is 11.9. The first-order valence-corrected chi connectivity index (χ1v) is 11.7. The third kappa shape index (κ3) is 5.21. The number of piperidine rings is 1. The molecule has 2 heterocycles. The SMILES string of the molecule is CCC(=O)N1CCC(c2ccc(Nc3cc(N[C@H](C)C4CC4)c(C(N)=O)cn3)cc2)CC1. The molecule has 1 aliphatic heterocycles. The number of primary amides is 1. The van der Waals surface area contributed by atoms with Crippen LogP contribution in [0, 0.1) is 5.92 Å². The number of nitrogens with zero attached hydrogens (tertiary/aromatic N) is 2. The zero-order valence-electron chi connectivity index (χ0n) is 18.9. The number of pyridine rings is 1. The minimum Gasteiger partial charge on any atom is -0.382 e. The molecule has 1 aliphatic carbocycles. The lowest BCUT2D eigenvalue weighted by Gasteiger charge is -2.32. The Morgan fingerprint density at radius 2 is 1.84 bits per heavy atom. The Hall–Kier alpha value is -3.09. The summed E-state index contributed by atoms with van der Waals surface area (Å²) in [5.74, 6) is 1.57. The summed E-state index contributed by atoms with van der Waals surface area (Å²) in [6.45, 7) is 5.73. The molecule has 7 heteroatoms. The Labute approximate surface area is 189 Å². The van der Waals surface area contributed by atoms with Gasteiger partial charge < -0.3 is 21.3 Å². The van der Waals surface area contributed by atoms with Gasteiger partial charge in [0.1, 0.15) is 5.82 Å². The lowest BCUT2D eigenvalue weighted by Crippen LogP contribution is -2.37. The number of hydrogen-bond acceptors (Lipinski definition) is 5. The summed E-state index contributed by atoms with van der Waals surface area (Å²) in [6, 6.07) is 10.6. The predicted octanol–water partition coefficient (Wildman–Crippen LogP) is 4.25. The van der Waals surface area contributed by atoms with Crippen molar-refractivity contribution in [3.8, 4) is 0 Å². The molecule has 7 nitrogen and oxygen atoms in total. The van der Waals surface area contributed by atoms with Gasteiger partial charge in [-0.15, -0.1) is 0 Å². The summed E-state index contributed by atoms with van der Waals surface area (Å²) in [6.07, 6.45) is 6.56. The molecule has 4 N–H and O–H groups in total. The van der Waals surface area contributed by atoms with E-state index in [-0.39, 0.29) is 5.91 Å². The van der Waals surface area contributed by atoms with E-state index in [0.29, 0.717) is 35.7 Å². The third-order valence-electron chi connectivity index (χ3n) is 6.69. The van der Waals surface area contributed by atoms with E-state index in [1.54, 1.807) is 0 Å². The van der Waals surface area contributed by atoms with Crippen LogP contribution in [-0.4, -0.2) is 40.8 Å². The molecule has 2 aromatic rings. The lowest BCUT2D eigenvalue weighted by molar-refractivity contribution is -0.131. The Morgan fingerprint density at radius 3 is 2.44 bits per heavy atom. The number of anilines is 3. The van der Waals surface area contributed by atoms with Gasteiger partial charge in [-0.3, -0.25) is 9.59 Å². The van der Waals surface area contributed by atoms with E-state index in [1.807, 2.05) is 17.9 Å². The van der Waals surface area contributed by atoms with Crippen molar-refractivity contribution < 1.29 is 9.59 Å². The largest absolute Gasteiger partial charge is 0.382 e. The first-order valence-electron chi connectivity index (χ1n) is 11.7. The molecule has 0 spiro atoms. The van der Waals surface area contributed by atoms with Crippen LogP contribution >= 0.6 is 0 Å². The number of nitrogens with one attached hydrogen (secondary N) is 2. The Bertz CT molecular complexity index is 963. The van der Waals surface area contributed by atoms with Crippen molar-refractivity contribution in [1.82, 2.24) is 9.88 Å². The molecule has 0 radical (unpaired) electrons. The van der Waals surface area contributed by atoms with Crippen LogP contribution in [0.5, 0.6) is 0 Å². The van der Waals surface area contributed by atoms with Crippen molar-refractivity contribution in [2.24, 2.45) is 11.7 Å². The highest BCUT2D eigenvalue weighted by atomic mass is 16.2. The minimum atomic E-state index is -0.481. The van der Waals surface area contributed by atoms with Crippen LogP contribution in [0.3, 0.4) is 0 Å². The summed E-state index contributed by atoms with van der Waals surface area (Å²) in [4.78, 5) is 30.1. The number of carbonyl (C=O) groups excluding carboxylic acids is 2. The highest BCUT2D eigenvalue weighted by molar-refractivity contribution is 5.98. The maximum absolute atomic E-state index is 11.9. The molecule has 0 unspecified atom stereocenters. The summed E-state index contributed by atoms with van der Waals surface area (Å²) >= 11 is 0. The average molecular weight is 436 g/mol. The number of nitrogens with two attached hydrogens (primary N) is 1. The van der Waals surface area contributed by atoms with E-state index in [1.165, 1.54) is 24.6 Å². The first kappa shape index (κ1) is 22.1. The van der Waals surface area contributed by atoms with Gasteiger partial charge in [-0.05, 0) is 62.1 Å². The molecular formula is C25H33N5O2. The van der Waals surface area contributed by atoms with Gasteiger partial charge in [-0.2, -0.15) is 0 Å². The standard InChI is InChI=1S/C25H33N5O2/c1-3-24(31)30-12-10-19(11-13-30)18-6-8-20(9-7-18)29-23-14-22(21(15-27-23)25(26)32)28-16(2)17-4-5-17/h6-9,14-17,19H,3-5,10-13H2,1-2H3,(H2,26,32)(H2,27,28,29)/t16-/m1/s1. The fraction of sp³-hybridized carbons (Fsp3) is 0.480. The molecule has 170 valence electrons. The number of rotatable bonds is 8. The van der Waals surface area contributed by atoms with Crippen molar-refractivity contribution in [3.63, 3.8) is 0 Å². The average Bonchev–Trinajstić information content (AvgIpc) is 3.65. The zero-order valence-corrected chi connectivity index (χ0v) is 18.9. The number of carbonyl (C=O) groups is 2. The van der Waals surface area contributed by atoms with Crippen molar-refractivity contribution in [2.45, 2.75) is 57.9 Å². The molecule has 32 heavy (non-hydrogen) atoms. The van der Waals surface area contributed by atoms with E-state index in [0.717, 1.165) is 37.3 Å². The van der Waals surface area contributed by atoms with Crippen molar-refractivity contribution in [2.75, 3.05) is 23.7 Å². The second kappa shape index (κ2) is 9.59. The van der Waals surface area contributed by atoms with Gasteiger partial charge in [0, 0.05) is 43.5 Å². The predicted molar refractivity (Wildman–Crippen MR) is 127 cm³/mol. The number of amides is 2. The molecule has 1 aromatic carbocycles. The quantitative estimate of drug-likeness (QED) is 0.575. The Morgan fingerprint density at radius 1 is 1.16 bits per heavy atom. The van der Waals surface area contributed by atoms with Crippen LogP contribution in [-0.2, 0) is 4.79 Å². The van der Waals surface area contributed by atoms with Gasteiger partial charge in [0.25, 0.3) is 5.91 Å². The Kier molecular flexibility index (Phi) is 6.63. The number of likely N-dealkylation sites (tertiary alicyclic amines) is 1. The van der Waals surface area contributed by atoms with Crippen LogP contribution in [0.25, 0.3) is 0 Å². The Balaban J connectivity index is 1.41. The maximum Gasteiger partial charge on any atom is 0.252 e. The molecule has 2 fully saturated rings. The monoisotopic (exact) mass is 435 g/mol. The molecule has 2 amide bonds. The van der Waals surface area contributed by atoms with E-state index in [4.69, 9.17) is 5.73 Å². The fourth-order valence-electron chi connectivity index (χ4n) is 4.47. The normalized spacial score (nSPS) is 17.6. The number of aromatic nitrogens is 1.